The molecule has 0 aromatic heterocycles. The van der Waals surface area contributed by atoms with Gasteiger partial charge >= 0.3 is 5.97 Å². The van der Waals surface area contributed by atoms with E-state index in [1.165, 1.54) is 13.0 Å². The van der Waals surface area contributed by atoms with Crippen LogP contribution < -0.4 is 9.47 Å². The maximum Gasteiger partial charge on any atom is 0.310 e. The molecule has 1 aliphatic heterocycles. The van der Waals surface area contributed by atoms with Crippen molar-refractivity contribution in [1.29, 1.82) is 0 Å². The molecule has 1 aromatic rings. The second-order valence-electron chi connectivity index (χ2n) is 3.38. The van der Waals surface area contributed by atoms with Crippen LogP contribution in [0.25, 0.3) is 0 Å². The number of fused-ring (bicyclic) bond motifs is 1. The van der Waals surface area contributed by atoms with Crippen LogP contribution in [0.5, 0.6) is 11.5 Å². The summed E-state index contributed by atoms with van der Waals surface area (Å²) in [5.74, 6) is -2.58. The van der Waals surface area contributed by atoms with Crippen LogP contribution in [0.3, 0.4) is 0 Å². The molecule has 1 unspecified atom stereocenters. The lowest BCUT2D eigenvalue weighted by Crippen LogP contribution is -2.10. The van der Waals surface area contributed by atoms with Crippen molar-refractivity contribution in [2.24, 2.45) is 0 Å². The highest BCUT2D eigenvalue weighted by Crippen LogP contribution is 2.43. The predicted octanol–water partition coefficient (Wildman–Crippen LogP) is 2.40. The topological polar surface area (TPSA) is 55.8 Å². The number of carboxylic acid groups (broad SMARTS) is 1. The number of hydrogen-bond donors (Lipinski definition) is 1. The minimum absolute atomic E-state index is 0.0611. The fraction of sp³-hybridized carbons (Fsp3) is 0.300. The van der Waals surface area contributed by atoms with E-state index in [9.17, 15) is 9.18 Å². The first-order valence-corrected chi connectivity index (χ1v) is 4.90. The van der Waals surface area contributed by atoms with Crippen molar-refractivity contribution in [3.63, 3.8) is 0 Å². The Morgan fingerprint density at radius 2 is 2.31 bits per heavy atom. The first-order chi connectivity index (χ1) is 7.52. The lowest BCUT2D eigenvalue weighted by molar-refractivity contribution is -0.138. The summed E-state index contributed by atoms with van der Waals surface area (Å²) in [6, 6.07) is 1.28. The van der Waals surface area contributed by atoms with Crippen LogP contribution in [0, 0.1) is 5.82 Å². The number of rotatable bonds is 2. The highest BCUT2D eigenvalue weighted by molar-refractivity contribution is 6.31. The largest absolute Gasteiger partial charge is 0.481 e. The molecule has 0 saturated carbocycles. The zero-order valence-corrected chi connectivity index (χ0v) is 9.05. The second kappa shape index (κ2) is 3.83. The number of carboxylic acids is 1. The molecule has 2 rings (SSSR count). The molecular formula is C10H8ClFO4. The summed E-state index contributed by atoms with van der Waals surface area (Å²) in [6.07, 6.45) is 0. The van der Waals surface area contributed by atoms with E-state index in [-0.39, 0.29) is 28.9 Å². The number of aliphatic carboxylic acids is 1. The van der Waals surface area contributed by atoms with Crippen LogP contribution in [0.2, 0.25) is 5.02 Å². The lowest BCUT2D eigenvalue weighted by Gasteiger charge is -2.12. The first-order valence-electron chi connectivity index (χ1n) is 4.52. The standard InChI is InChI=1S/C10H8ClFO4/c1-4(10(13)14)7-8(12)5(11)2-6-9(7)16-3-15-6/h2,4H,3H2,1H3,(H,13,14). The molecule has 0 bridgehead atoms. The number of ether oxygens (including phenoxy) is 2. The Kier molecular flexibility index (Phi) is 2.63. The van der Waals surface area contributed by atoms with Crippen molar-refractivity contribution in [3.05, 3.63) is 22.5 Å². The van der Waals surface area contributed by atoms with E-state index in [0.29, 0.717) is 0 Å². The summed E-state index contributed by atoms with van der Waals surface area (Å²) in [5, 5.41) is 8.70. The van der Waals surface area contributed by atoms with Crippen molar-refractivity contribution >= 4 is 17.6 Å². The van der Waals surface area contributed by atoms with Crippen LogP contribution in [0.1, 0.15) is 18.4 Å². The van der Waals surface area contributed by atoms with Crippen LogP contribution in [-0.4, -0.2) is 17.9 Å². The van der Waals surface area contributed by atoms with E-state index < -0.39 is 17.7 Å². The summed E-state index contributed by atoms with van der Waals surface area (Å²) >= 11 is 5.64. The molecule has 16 heavy (non-hydrogen) atoms. The lowest BCUT2D eigenvalue weighted by atomic mass is 9.99. The Balaban J connectivity index is 2.63. The molecule has 0 amide bonds. The molecule has 1 N–H and O–H groups in total. The third-order valence-electron chi connectivity index (χ3n) is 2.39. The van der Waals surface area contributed by atoms with Gasteiger partial charge in [0.15, 0.2) is 11.5 Å². The minimum Gasteiger partial charge on any atom is -0.481 e. The van der Waals surface area contributed by atoms with Gasteiger partial charge in [-0.25, -0.2) is 4.39 Å². The summed E-state index contributed by atoms with van der Waals surface area (Å²) in [6.45, 7) is 1.30. The maximum atomic E-state index is 13.7. The fourth-order valence-corrected chi connectivity index (χ4v) is 1.72. The van der Waals surface area contributed by atoms with Gasteiger partial charge in [0.25, 0.3) is 0 Å². The summed E-state index contributed by atoms with van der Waals surface area (Å²) < 4.78 is 23.8. The van der Waals surface area contributed by atoms with E-state index in [1.807, 2.05) is 0 Å². The highest BCUT2D eigenvalue weighted by atomic mass is 35.5. The van der Waals surface area contributed by atoms with Gasteiger partial charge in [0, 0.05) is 11.6 Å². The van der Waals surface area contributed by atoms with Crippen molar-refractivity contribution in [3.8, 4) is 11.5 Å². The van der Waals surface area contributed by atoms with Crippen LogP contribution >= 0.6 is 11.6 Å². The van der Waals surface area contributed by atoms with Gasteiger partial charge in [0.2, 0.25) is 6.79 Å². The van der Waals surface area contributed by atoms with Gasteiger partial charge in [-0.15, -0.1) is 0 Å². The number of halogens is 2. The average Bonchev–Trinajstić information content (AvgIpc) is 2.66. The summed E-state index contributed by atoms with van der Waals surface area (Å²) in [7, 11) is 0. The van der Waals surface area contributed by atoms with Gasteiger partial charge in [-0.1, -0.05) is 11.6 Å². The monoisotopic (exact) mass is 246 g/mol. The molecule has 1 aromatic carbocycles. The third kappa shape index (κ3) is 1.57. The predicted molar refractivity (Wildman–Crippen MR) is 53.6 cm³/mol. The van der Waals surface area contributed by atoms with Gasteiger partial charge in [-0.3, -0.25) is 4.79 Å². The quantitative estimate of drug-likeness (QED) is 0.871. The second-order valence-corrected chi connectivity index (χ2v) is 3.79. The van der Waals surface area contributed by atoms with Gasteiger partial charge in [0.05, 0.1) is 10.9 Å². The molecule has 0 saturated heterocycles. The van der Waals surface area contributed by atoms with Crippen molar-refractivity contribution in [1.82, 2.24) is 0 Å². The molecule has 0 radical (unpaired) electrons. The van der Waals surface area contributed by atoms with Crippen molar-refractivity contribution in [2.45, 2.75) is 12.8 Å². The van der Waals surface area contributed by atoms with Crippen LogP contribution in [-0.2, 0) is 4.79 Å². The molecule has 86 valence electrons. The van der Waals surface area contributed by atoms with E-state index in [4.69, 9.17) is 26.2 Å². The van der Waals surface area contributed by atoms with E-state index in [0.717, 1.165) is 0 Å². The summed E-state index contributed by atoms with van der Waals surface area (Å²) in [4.78, 5) is 10.9. The molecule has 0 fully saturated rings. The van der Waals surface area contributed by atoms with Gasteiger partial charge < -0.3 is 14.6 Å². The van der Waals surface area contributed by atoms with Crippen molar-refractivity contribution in [2.75, 3.05) is 6.79 Å². The molecule has 6 heteroatoms. The SMILES string of the molecule is CC(C(=O)O)c1c(F)c(Cl)cc2c1OCO2. The molecule has 4 nitrogen and oxygen atoms in total. The minimum atomic E-state index is -1.15. The molecule has 1 atom stereocenters. The number of hydrogen-bond acceptors (Lipinski definition) is 3. The van der Waals surface area contributed by atoms with E-state index >= 15 is 0 Å². The Bertz CT molecular complexity index is 461. The van der Waals surface area contributed by atoms with Crippen LogP contribution in [0.4, 0.5) is 4.39 Å². The smallest absolute Gasteiger partial charge is 0.310 e. The zero-order valence-electron chi connectivity index (χ0n) is 8.29. The highest BCUT2D eigenvalue weighted by Gasteiger charge is 2.30. The fourth-order valence-electron chi connectivity index (χ4n) is 1.52. The van der Waals surface area contributed by atoms with Gasteiger partial charge in [-0.05, 0) is 6.92 Å². The molecule has 1 heterocycles. The van der Waals surface area contributed by atoms with Crippen LogP contribution in [0.15, 0.2) is 6.07 Å². The number of carbonyl (C=O) groups is 1. The zero-order chi connectivity index (χ0) is 11.9. The third-order valence-corrected chi connectivity index (χ3v) is 2.67. The molecule has 0 aliphatic carbocycles. The van der Waals surface area contributed by atoms with Gasteiger partial charge in [0.1, 0.15) is 5.82 Å². The maximum absolute atomic E-state index is 13.7. The molecular weight excluding hydrogens is 239 g/mol. The number of benzene rings is 1. The Hall–Kier alpha value is -1.49. The Labute approximate surface area is 95.5 Å². The molecule has 1 aliphatic rings. The van der Waals surface area contributed by atoms with Gasteiger partial charge in [-0.2, -0.15) is 0 Å². The Morgan fingerprint density at radius 1 is 1.62 bits per heavy atom. The molecule has 0 spiro atoms. The average molecular weight is 247 g/mol. The van der Waals surface area contributed by atoms with E-state index in [2.05, 4.69) is 0 Å². The Morgan fingerprint density at radius 3 is 2.94 bits per heavy atom. The van der Waals surface area contributed by atoms with E-state index in [1.54, 1.807) is 0 Å². The normalized spacial score (nSPS) is 14.9. The summed E-state index contributed by atoms with van der Waals surface area (Å²) in [5.41, 5.74) is -0.0764. The van der Waals surface area contributed by atoms with Crippen molar-refractivity contribution < 1.29 is 23.8 Å². The first kappa shape index (κ1) is 11.0.